The minimum Gasteiger partial charge on any atom is -0.477 e. The first-order chi connectivity index (χ1) is 10.8. The van der Waals surface area contributed by atoms with E-state index in [0.29, 0.717) is 4.70 Å². The van der Waals surface area contributed by atoms with Crippen molar-refractivity contribution in [2.24, 2.45) is 0 Å². The number of carboxylic acid groups (broad SMARTS) is 1. The van der Waals surface area contributed by atoms with Gasteiger partial charge in [-0.1, -0.05) is 6.07 Å². The van der Waals surface area contributed by atoms with Gasteiger partial charge < -0.3 is 14.2 Å². The summed E-state index contributed by atoms with van der Waals surface area (Å²) in [5.41, 5.74) is -0.475. The van der Waals surface area contributed by atoms with E-state index < -0.39 is 30.9 Å². The minimum atomic E-state index is -4.17. The molecule has 0 radical (unpaired) electrons. The standard InChI is InChI=1S/C14H15F2O5PS/c1-3-20-22(19,21-4-2)13(16)8-5-6-10-9(12(8)15)7-11(23-10)14(17)18/h5-7,13H,3-4H2,1-2H3,(H,17,18). The van der Waals surface area contributed by atoms with Gasteiger partial charge in [0.15, 0.2) is 0 Å². The number of hydrogen-bond donors (Lipinski definition) is 1. The molecule has 0 spiro atoms. The van der Waals surface area contributed by atoms with Crippen LogP contribution in [0, 0.1) is 5.82 Å². The number of fused-ring (bicyclic) bond motifs is 1. The Bertz CT molecular complexity index is 766. The van der Waals surface area contributed by atoms with E-state index in [1.165, 1.54) is 19.9 Å². The van der Waals surface area contributed by atoms with E-state index in [2.05, 4.69) is 0 Å². The fourth-order valence-electron chi connectivity index (χ4n) is 2.08. The number of hydrogen-bond acceptors (Lipinski definition) is 5. The van der Waals surface area contributed by atoms with Crippen LogP contribution in [0.15, 0.2) is 18.2 Å². The zero-order valence-electron chi connectivity index (χ0n) is 12.4. The van der Waals surface area contributed by atoms with Crippen LogP contribution in [0.25, 0.3) is 10.1 Å². The topological polar surface area (TPSA) is 72.8 Å². The molecule has 126 valence electrons. The van der Waals surface area contributed by atoms with Gasteiger partial charge in [-0.3, -0.25) is 4.57 Å². The second kappa shape index (κ2) is 7.05. The lowest BCUT2D eigenvalue weighted by atomic mass is 10.1. The average Bonchev–Trinajstić information content (AvgIpc) is 2.93. The highest BCUT2D eigenvalue weighted by Gasteiger charge is 2.39. The molecule has 2 aromatic rings. The van der Waals surface area contributed by atoms with Gasteiger partial charge in [-0.25, -0.2) is 13.6 Å². The number of alkyl halides is 1. The molecule has 0 aliphatic carbocycles. The van der Waals surface area contributed by atoms with Crippen LogP contribution in [0.3, 0.4) is 0 Å². The second-order valence-electron chi connectivity index (χ2n) is 4.51. The summed E-state index contributed by atoms with van der Waals surface area (Å²) in [6.07, 6.45) is 0. The van der Waals surface area contributed by atoms with Crippen molar-refractivity contribution in [3.8, 4) is 0 Å². The van der Waals surface area contributed by atoms with Gasteiger partial charge in [0.2, 0.25) is 5.91 Å². The zero-order valence-corrected chi connectivity index (χ0v) is 14.1. The molecule has 5 nitrogen and oxygen atoms in total. The van der Waals surface area contributed by atoms with Crippen LogP contribution < -0.4 is 0 Å². The van der Waals surface area contributed by atoms with E-state index in [-0.39, 0.29) is 23.5 Å². The number of benzene rings is 1. The van der Waals surface area contributed by atoms with E-state index in [1.54, 1.807) is 0 Å². The fraction of sp³-hybridized carbons (Fsp3) is 0.357. The van der Waals surface area contributed by atoms with Crippen molar-refractivity contribution >= 4 is 35.0 Å². The lowest BCUT2D eigenvalue weighted by Gasteiger charge is -2.21. The van der Waals surface area contributed by atoms with Crippen molar-refractivity contribution in [2.75, 3.05) is 13.2 Å². The van der Waals surface area contributed by atoms with Crippen LogP contribution in [0.1, 0.15) is 35.0 Å². The van der Waals surface area contributed by atoms with Gasteiger partial charge in [0, 0.05) is 15.6 Å². The molecule has 0 aliphatic heterocycles. The Labute approximate surface area is 135 Å². The first kappa shape index (κ1) is 18.0. The molecule has 1 aromatic heterocycles. The monoisotopic (exact) mass is 364 g/mol. The normalized spacial score (nSPS) is 13.4. The summed E-state index contributed by atoms with van der Waals surface area (Å²) in [5.74, 6) is -4.45. The van der Waals surface area contributed by atoms with Crippen molar-refractivity contribution in [1.82, 2.24) is 0 Å². The Balaban J connectivity index is 2.52. The molecule has 2 rings (SSSR count). The lowest BCUT2D eigenvalue weighted by Crippen LogP contribution is -2.04. The molecule has 0 bridgehead atoms. The van der Waals surface area contributed by atoms with Gasteiger partial charge in [-0.15, -0.1) is 11.3 Å². The molecule has 0 fully saturated rings. The smallest absolute Gasteiger partial charge is 0.369 e. The number of halogens is 2. The zero-order chi connectivity index (χ0) is 17.2. The Hall–Kier alpha value is -1.34. The number of thiophene rings is 1. The summed E-state index contributed by atoms with van der Waals surface area (Å²) >= 11 is 0.874. The maximum atomic E-state index is 14.6. The molecule has 1 atom stereocenters. The van der Waals surface area contributed by atoms with E-state index in [4.69, 9.17) is 14.2 Å². The molecule has 0 saturated heterocycles. The molecule has 0 aliphatic rings. The summed E-state index contributed by atoms with van der Waals surface area (Å²) in [4.78, 5) is 10.9. The Kier molecular flexibility index (Phi) is 5.52. The molecule has 1 aromatic carbocycles. The number of rotatable bonds is 7. The third kappa shape index (κ3) is 3.45. The minimum absolute atomic E-state index is 0.0351. The highest BCUT2D eigenvalue weighted by molar-refractivity contribution is 7.54. The number of carboxylic acids is 1. The Morgan fingerprint density at radius 3 is 2.48 bits per heavy atom. The van der Waals surface area contributed by atoms with Gasteiger partial charge >= 0.3 is 13.6 Å². The quantitative estimate of drug-likeness (QED) is 0.702. The fourth-order valence-corrected chi connectivity index (χ4v) is 4.57. The third-order valence-corrected chi connectivity index (χ3v) is 6.19. The molecule has 1 unspecified atom stereocenters. The van der Waals surface area contributed by atoms with E-state index >= 15 is 0 Å². The van der Waals surface area contributed by atoms with Crippen molar-refractivity contribution in [3.05, 3.63) is 34.5 Å². The van der Waals surface area contributed by atoms with Crippen molar-refractivity contribution in [1.29, 1.82) is 0 Å². The van der Waals surface area contributed by atoms with Gasteiger partial charge in [-0.2, -0.15) is 0 Å². The number of aromatic carboxylic acids is 1. The molecule has 0 amide bonds. The molecule has 1 heterocycles. The summed E-state index contributed by atoms with van der Waals surface area (Å²) in [5, 5.41) is 8.92. The summed E-state index contributed by atoms with van der Waals surface area (Å²) in [6.45, 7) is 2.94. The highest BCUT2D eigenvalue weighted by atomic mass is 32.1. The van der Waals surface area contributed by atoms with E-state index in [9.17, 15) is 18.1 Å². The van der Waals surface area contributed by atoms with Crippen LogP contribution >= 0.6 is 18.9 Å². The largest absolute Gasteiger partial charge is 0.477 e. The predicted molar refractivity (Wildman–Crippen MR) is 83.4 cm³/mol. The molecular formula is C14H15F2O5PS. The summed E-state index contributed by atoms with van der Waals surface area (Å²) in [7, 11) is -4.17. The van der Waals surface area contributed by atoms with Crippen LogP contribution in [-0.4, -0.2) is 24.3 Å². The van der Waals surface area contributed by atoms with Crippen molar-refractivity contribution in [2.45, 2.75) is 19.8 Å². The van der Waals surface area contributed by atoms with E-state index in [0.717, 1.165) is 23.5 Å². The Morgan fingerprint density at radius 2 is 1.96 bits per heavy atom. The lowest BCUT2D eigenvalue weighted by molar-refractivity contribution is 0.0702. The van der Waals surface area contributed by atoms with Crippen LogP contribution in [0.5, 0.6) is 0 Å². The van der Waals surface area contributed by atoms with Gasteiger partial charge in [0.1, 0.15) is 10.7 Å². The van der Waals surface area contributed by atoms with Gasteiger partial charge in [-0.05, 0) is 26.0 Å². The Morgan fingerprint density at radius 1 is 1.35 bits per heavy atom. The van der Waals surface area contributed by atoms with Crippen LogP contribution in [-0.2, 0) is 13.6 Å². The molecule has 1 N–H and O–H groups in total. The van der Waals surface area contributed by atoms with Crippen molar-refractivity contribution in [3.63, 3.8) is 0 Å². The van der Waals surface area contributed by atoms with Gasteiger partial charge in [0.25, 0.3) is 0 Å². The van der Waals surface area contributed by atoms with E-state index in [1.807, 2.05) is 0 Å². The SMILES string of the molecule is CCOP(=O)(OCC)C(F)c1ccc2sc(C(=O)O)cc2c1F. The highest BCUT2D eigenvalue weighted by Crippen LogP contribution is 2.62. The second-order valence-corrected chi connectivity index (χ2v) is 7.64. The molecular weight excluding hydrogens is 349 g/mol. The third-order valence-electron chi connectivity index (χ3n) is 3.03. The first-order valence-corrected chi connectivity index (χ1v) is 9.25. The van der Waals surface area contributed by atoms with Crippen LogP contribution in [0.4, 0.5) is 8.78 Å². The molecule has 23 heavy (non-hydrogen) atoms. The van der Waals surface area contributed by atoms with Crippen LogP contribution in [0.2, 0.25) is 0 Å². The van der Waals surface area contributed by atoms with Crippen molar-refractivity contribution < 1.29 is 32.3 Å². The average molecular weight is 364 g/mol. The maximum Gasteiger partial charge on any atom is 0.369 e. The predicted octanol–water partition coefficient (Wildman–Crippen LogP) is 4.97. The van der Waals surface area contributed by atoms with Gasteiger partial charge in [0.05, 0.1) is 13.2 Å². The summed E-state index contributed by atoms with van der Waals surface area (Å²) < 4.78 is 51.8. The number of carbonyl (C=O) groups is 1. The maximum absolute atomic E-state index is 14.6. The summed E-state index contributed by atoms with van der Waals surface area (Å²) in [6, 6.07) is 3.65. The molecule has 0 saturated carbocycles. The molecule has 9 heteroatoms. The first-order valence-electron chi connectivity index (χ1n) is 6.82.